The summed E-state index contributed by atoms with van der Waals surface area (Å²) < 4.78 is 0. The van der Waals surface area contributed by atoms with Crippen molar-refractivity contribution in [1.29, 1.82) is 0 Å². The molecule has 18 heavy (non-hydrogen) atoms. The summed E-state index contributed by atoms with van der Waals surface area (Å²) in [5.74, 6) is 0.773. The lowest BCUT2D eigenvalue weighted by Gasteiger charge is -2.29. The van der Waals surface area contributed by atoms with E-state index in [1.54, 1.807) is 7.05 Å². The third-order valence-electron chi connectivity index (χ3n) is 3.51. The Morgan fingerprint density at radius 1 is 1.39 bits per heavy atom. The number of aryl methyl sites for hydroxylation is 1. The number of tetrazole rings is 1. The van der Waals surface area contributed by atoms with E-state index in [4.69, 9.17) is 0 Å². The van der Waals surface area contributed by atoms with E-state index < -0.39 is 0 Å². The summed E-state index contributed by atoms with van der Waals surface area (Å²) >= 11 is 0. The van der Waals surface area contributed by atoms with Crippen LogP contribution in [0.4, 0.5) is 0 Å². The summed E-state index contributed by atoms with van der Waals surface area (Å²) in [5, 5.41) is 21.8. The third-order valence-corrected chi connectivity index (χ3v) is 3.51. The van der Waals surface area contributed by atoms with Gasteiger partial charge in [0.05, 0.1) is 19.7 Å². The largest absolute Gasteiger partial charge is 0.393 e. The van der Waals surface area contributed by atoms with E-state index >= 15 is 0 Å². The molecule has 1 fully saturated rings. The highest BCUT2D eigenvalue weighted by atomic mass is 16.3. The standard InChI is InChI=1S/C12H23N5O/c1-10(18)8-11-6-4-3-5-7-17(11)9-12-13-15-16(2)14-12/h10-11,18H,3-9H2,1-2H3. The molecule has 2 heterocycles. The van der Waals surface area contributed by atoms with Crippen molar-refractivity contribution in [3.8, 4) is 0 Å². The monoisotopic (exact) mass is 253 g/mol. The van der Waals surface area contributed by atoms with Crippen LogP contribution >= 0.6 is 0 Å². The van der Waals surface area contributed by atoms with Crippen LogP contribution < -0.4 is 0 Å². The first kappa shape index (κ1) is 13.4. The van der Waals surface area contributed by atoms with Crippen molar-refractivity contribution in [3.05, 3.63) is 5.82 Å². The lowest BCUT2D eigenvalue weighted by atomic mass is 10.0. The second-order valence-electron chi connectivity index (χ2n) is 5.25. The second-order valence-corrected chi connectivity index (χ2v) is 5.25. The molecule has 1 aliphatic rings. The van der Waals surface area contributed by atoms with Crippen LogP contribution in [0.1, 0.15) is 44.9 Å². The first-order valence-corrected chi connectivity index (χ1v) is 6.80. The SMILES string of the molecule is CC(O)CC1CCCCCN1Cc1nnn(C)n1. The zero-order valence-electron chi connectivity index (χ0n) is 11.3. The Bertz CT molecular complexity index is 365. The molecule has 1 saturated heterocycles. The zero-order valence-corrected chi connectivity index (χ0v) is 11.3. The van der Waals surface area contributed by atoms with E-state index in [9.17, 15) is 5.11 Å². The van der Waals surface area contributed by atoms with Gasteiger partial charge >= 0.3 is 0 Å². The summed E-state index contributed by atoms with van der Waals surface area (Å²) in [4.78, 5) is 3.90. The minimum Gasteiger partial charge on any atom is -0.393 e. The number of nitrogens with zero attached hydrogens (tertiary/aromatic N) is 5. The molecule has 102 valence electrons. The van der Waals surface area contributed by atoms with Gasteiger partial charge in [0.2, 0.25) is 0 Å². The zero-order chi connectivity index (χ0) is 13.0. The molecule has 0 aromatic carbocycles. The first-order valence-electron chi connectivity index (χ1n) is 6.80. The van der Waals surface area contributed by atoms with Crippen molar-refractivity contribution in [3.63, 3.8) is 0 Å². The minimum atomic E-state index is -0.245. The number of aliphatic hydroxyl groups is 1. The number of hydrogen-bond donors (Lipinski definition) is 1. The number of hydrogen-bond acceptors (Lipinski definition) is 5. The predicted molar refractivity (Wildman–Crippen MR) is 67.8 cm³/mol. The normalized spacial score (nSPS) is 23.8. The minimum absolute atomic E-state index is 0.245. The Kier molecular flexibility index (Phi) is 4.66. The highest BCUT2D eigenvalue weighted by molar-refractivity contribution is 4.83. The topological polar surface area (TPSA) is 67.1 Å². The summed E-state index contributed by atoms with van der Waals surface area (Å²) in [5.41, 5.74) is 0. The van der Waals surface area contributed by atoms with Gasteiger partial charge in [-0.15, -0.1) is 10.2 Å². The van der Waals surface area contributed by atoms with E-state index in [0.717, 1.165) is 31.8 Å². The van der Waals surface area contributed by atoms with E-state index in [1.165, 1.54) is 24.1 Å². The van der Waals surface area contributed by atoms with E-state index in [2.05, 4.69) is 20.3 Å². The molecule has 1 aromatic rings. The molecule has 0 radical (unpaired) electrons. The van der Waals surface area contributed by atoms with Crippen molar-refractivity contribution >= 4 is 0 Å². The fourth-order valence-electron chi connectivity index (χ4n) is 2.67. The molecule has 2 rings (SSSR count). The van der Waals surface area contributed by atoms with Gasteiger partial charge in [-0.1, -0.05) is 12.8 Å². The molecular weight excluding hydrogens is 230 g/mol. The van der Waals surface area contributed by atoms with Crippen LogP contribution in [0.25, 0.3) is 0 Å². The number of likely N-dealkylation sites (tertiary alicyclic amines) is 1. The smallest absolute Gasteiger partial charge is 0.188 e. The summed E-state index contributed by atoms with van der Waals surface area (Å²) in [7, 11) is 1.78. The van der Waals surface area contributed by atoms with Gasteiger partial charge in [-0.2, -0.15) is 4.80 Å². The summed E-state index contributed by atoms with van der Waals surface area (Å²) in [6, 6.07) is 0.441. The van der Waals surface area contributed by atoms with Crippen LogP contribution in [0.3, 0.4) is 0 Å². The highest BCUT2D eigenvalue weighted by Gasteiger charge is 2.23. The molecule has 1 aliphatic heterocycles. The molecule has 6 heteroatoms. The van der Waals surface area contributed by atoms with Crippen LogP contribution in [-0.4, -0.2) is 48.9 Å². The van der Waals surface area contributed by atoms with E-state index in [-0.39, 0.29) is 6.10 Å². The third kappa shape index (κ3) is 3.74. The van der Waals surface area contributed by atoms with Crippen LogP contribution in [0.5, 0.6) is 0 Å². The molecule has 0 saturated carbocycles. The second kappa shape index (κ2) is 6.24. The Balaban J connectivity index is 2.00. The Morgan fingerprint density at radius 3 is 2.89 bits per heavy atom. The first-order chi connectivity index (χ1) is 8.65. The summed E-state index contributed by atoms with van der Waals surface area (Å²) in [6.07, 6.45) is 5.50. The maximum atomic E-state index is 9.61. The lowest BCUT2D eigenvalue weighted by Crippen LogP contribution is -2.36. The van der Waals surface area contributed by atoms with Crippen molar-refractivity contribution in [2.24, 2.45) is 7.05 Å². The van der Waals surface area contributed by atoms with Gasteiger partial charge in [0.1, 0.15) is 0 Å². The average Bonchev–Trinajstić information content (AvgIpc) is 2.58. The molecule has 6 nitrogen and oxygen atoms in total. The predicted octanol–water partition coefficient (Wildman–Crippen LogP) is 0.726. The van der Waals surface area contributed by atoms with E-state index in [1.807, 2.05) is 6.92 Å². The Hall–Kier alpha value is -1.01. The molecule has 2 unspecified atom stereocenters. The highest BCUT2D eigenvalue weighted by Crippen LogP contribution is 2.21. The van der Waals surface area contributed by atoms with Crippen molar-refractivity contribution in [1.82, 2.24) is 25.1 Å². The number of aliphatic hydroxyl groups excluding tert-OH is 1. The van der Waals surface area contributed by atoms with Gasteiger partial charge < -0.3 is 5.11 Å². The average molecular weight is 253 g/mol. The van der Waals surface area contributed by atoms with Gasteiger partial charge in [0.25, 0.3) is 0 Å². The fraction of sp³-hybridized carbons (Fsp3) is 0.917. The molecule has 0 spiro atoms. The Labute approximate surface area is 108 Å². The quantitative estimate of drug-likeness (QED) is 0.856. The number of rotatable bonds is 4. The van der Waals surface area contributed by atoms with Gasteiger partial charge in [0.15, 0.2) is 5.82 Å². The maximum absolute atomic E-state index is 9.61. The molecule has 2 atom stereocenters. The lowest BCUT2D eigenvalue weighted by molar-refractivity contribution is 0.106. The van der Waals surface area contributed by atoms with Crippen LogP contribution in [0.15, 0.2) is 0 Å². The van der Waals surface area contributed by atoms with Gasteiger partial charge in [-0.3, -0.25) is 4.90 Å². The molecular formula is C12H23N5O. The van der Waals surface area contributed by atoms with Gasteiger partial charge in [0, 0.05) is 6.04 Å². The van der Waals surface area contributed by atoms with Crippen molar-refractivity contribution < 1.29 is 5.11 Å². The molecule has 1 aromatic heterocycles. The number of aromatic nitrogens is 4. The van der Waals surface area contributed by atoms with Gasteiger partial charge in [-0.25, -0.2) is 0 Å². The van der Waals surface area contributed by atoms with Crippen LogP contribution in [0.2, 0.25) is 0 Å². The van der Waals surface area contributed by atoms with Gasteiger partial charge in [-0.05, 0) is 37.9 Å². The van der Waals surface area contributed by atoms with Crippen LogP contribution in [0, 0.1) is 0 Å². The Morgan fingerprint density at radius 2 is 2.22 bits per heavy atom. The van der Waals surface area contributed by atoms with E-state index in [0.29, 0.717) is 6.04 Å². The summed E-state index contributed by atoms with van der Waals surface area (Å²) in [6.45, 7) is 3.67. The molecule has 1 N–H and O–H groups in total. The molecule has 0 aliphatic carbocycles. The molecule has 0 bridgehead atoms. The molecule has 0 amide bonds. The maximum Gasteiger partial charge on any atom is 0.188 e. The van der Waals surface area contributed by atoms with Crippen molar-refractivity contribution in [2.45, 2.75) is 57.7 Å². The van der Waals surface area contributed by atoms with Crippen LogP contribution in [-0.2, 0) is 13.6 Å². The fourth-order valence-corrected chi connectivity index (χ4v) is 2.67. The van der Waals surface area contributed by atoms with Crippen molar-refractivity contribution in [2.75, 3.05) is 6.54 Å².